The van der Waals surface area contributed by atoms with Crippen molar-refractivity contribution in [2.75, 3.05) is 45.5 Å². The van der Waals surface area contributed by atoms with Crippen molar-refractivity contribution in [3.05, 3.63) is 65.7 Å². The van der Waals surface area contributed by atoms with E-state index >= 15 is 0 Å². The summed E-state index contributed by atoms with van der Waals surface area (Å²) in [5.41, 5.74) is 1.79. The molecule has 3 aliphatic rings. The van der Waals surface area contributed by atoms with Crippen LogP contribution in [0.1, 0.15) is 50.2 Å². The van der Waals surface area contributed by atoms with E-state index in [1.165, 1.54) is 11.8 Å². The number of rotatable bonds is 8. The van der Waals surface area contributed by atoms with Gasteiger partial charge in [-0.3, -0.25) is 4.79 Å². The number of carbonyl (C=O) groups is 1. The number of piperidine rings is 1. The first-order chi connectivity index (χ1) is 18.9. The molecule has 3 aliphatic heterocycles. The average molecular weight is 588 g/mol. The van der Waals surface area contributed by atoms with Crippen LogP contribution in [0.2, 0.25) is 0 Å². The minimum atomic E-state index is -3.32. The summed E-state index contributed by atoms with van der Waals surface area (Å²) >= 11 is 0. The van der Waals surface area contributed by atoms with Crippen molar-refractivity contribution in [2.45, 2.75) is 55.7 Å². The molecule has 2 aromatic carbocycles. The number of nitrogens with zero attached hydrogens (tertiary/aromatic N) is 3. The van der Waals surface area contributed by atoms with Gasteiger partial charge >= 0.3 is 0 Å². The van der Waals surface area contributed by atoms with Crippen LogP contribution >= 0.6 is 0 Å². The van der Waals surface area contributed by atoms with Crippen molar-refractivity contribution in [1.29, 1.82) is 0 Å². The molecule has 0 N–H and O–H groups in total. The molecular weight excluding hydrogens is 546 g/mol. The van der Waals surface area contributed by atoms with E-state index in [0.717, 1.165) is 44.5 Å². The van der Waals surface area contributed by atoms with Gasteiger partial charge in [0.25, 0.3) is 0 Å². The molecule has 5 rings (SSSR count). The Hall–Kier alpha value is -2.27. The Labute approximate surface area is 239 Å². The van der Waals surface area contributed by atoms with E-state index in [-0.39, 0.29) is 28.1 Å². The normalized spacial score (nSPS) is 24.4. The monoisotopic (exact) mass is 587 g/mol. The van der Waals surface area contributed by atoms with Gasteiger partial charge in [-0.25, -0.2) is 21.1 Å². The number of benzene rings is 2. The third kappa shape index (κ3) is 5.86. The second kappa shape index (κ2) is 11.2. The van der Waals surface area contributed by atoms with Crippen molar-refractivity contribution in [1.82, 2.24) is 14.1 Å². The SMILES string of the molecule is CC(C)S(=O)(=O)N1CC(c2ccccc2)[C@@H](CN2CCC3(CC2)CCN(Cc2ccc(S(C)(=O)=O)cc2)C3=O)C1. The molecule has 1 unspecified atom stereocenters. The van der Waals surface area contributed by atoms with Gasteiger partial charge in [-0.05, 0) is 75.4 Å². The molecule has 0 radical (unpaired) electrons. The first-order valence-electron chi connectivity index (χ1n) is 14.2. The van der Waals surface area contributed by atoms with Crippen LogP contribution in [0.5, 0.6) is 0 Å². The molecule has 3 fully saturated rings. The number of likely N-dealkylation sites (tertiary alicyclic amines) is 2. The number of amides is 1. The van der Waals surface area contributed by atoms with Crippen LogP contribution in [-0.4, -0.2) is 87.6 Å². The fraction of sp³-hybridized carbons (Fsp3) is 0.567. The van der Waals surface area contributed by atoms with Crippen molar-refractivity contribution < 1.29 is 21.6 Å². The first-order valence-corrected chi connectivity index (χ1v) is 17.6. The van der Waals surface area contributed by atoms with Gasteiger partial charge in [0, 0.05) is 44.9 Å². The fourth-order valence-corrected chi connectivity index (χ4v) is 8.66. The second-order valence-corrected chi connectivity index (χ2v) is 16.7. The lowest BCUT2D eigenvalue weighted by molar-refractivity contribution is -0.139. The second-order valence-electron chi connectivity index (χ2n) is 12.2. The minimum absolute atomic E-state index is 0.156. The highest BCUT2D eigenvalue weighted by atomic mass is 32.2. The van der Waals surface area contributed by atoms with E-state index in [4.69, 9.17) is 0 Å². The summed E-state index contributed by atoms with van der Waals surface area (Å²) in [6, 6.07) is 17.1. The minimum Gasteiger partial charge on any atom is -0.338 e. The van der Waals surface area contributed by atoms with Crippen molar-refractivity contribution in [3.63, 3.8) is 0 Å². The molecule has 3 saturated heterocycles. The maximum absolute atomic E-state index is 13.6. The maximum atomic E-state index is 13.6. The van der Waals surface area contributed by atoms with Gasteiger partial charge in [0.2, 0.25) is 15.9 Å². The first kappa shape index (κ1) is 29.2. The van der Waals surface area contributed by atoms with Gasteiger partial charge in [-0.2, -0.15) is 0 Å². The Balaban J connectivity index is 1.21. The van der Waals surface area contributed by atoms with Gasteiger partial charge in [0.1, 0.15) is 0 Å². The van der Waals surface area contributed by atoms with Crippen LogP contribution in [-0.2, 0) is 31.2 Å². The number of hydrogen-bond acceptors (Lipinski definition) is 6. The van der Waals surface area contributed by atoms with Gasteiger partial charge in [0.05, 0.1) is 15.6 Å². The number of hydrogen-bond donors (Lipinski definition) is 0. The Morgan fingerprint density at radius 3 is 2.10 bits per heavy atom. The van der Waals surface area contributed by atoms with E-state index in [9.17, 15) is 21.6 Å². The highest BCUT2D eigenvalue weighted by Crippen LogP contribution is 2.43. The lowest BCUT2D eigenvalue weighted by Gasteiger charge is -2.39. The molecule has 3 heterocycles. The molecule has 10 heteroatoms. The number of carbonyl (C=O) groups excluding carboxylic acids is 1. The predicted molar refractivity (Wildman–Crippen MR) is 156 cm³/mol. The van der Waals surface area contributed by atoms with Gasteiger partial charge in [-0.1, -0.05) is 42.5 Å². The molecule has 0 aliphatic carbocycles. The zero-order chi connectivity index (χ0) is 28.7. The molecule has 0 saturated carbocycles. The molecule has 2 aromatic rings. The molecular formula is C30H41N3O5S2. The van der Waals surface area contributed by atoms with E-state index in [2.05, 4.69) is 17.0 Å². The molecule has 1 amide bonds. The van der Waals surface area contributed by atoms with Crippen LogP contribution in [0, 0.1) is 11.3 Å². The van der Waals surface area contributed by atoms with E-state index in [0.29, 0.717) is 26.2 Å². The molecule has 218 valence electrons. The Morgan fingerprint density at radius 2 is 1.50 bits per heavy atom. The maximum Gasteiger partial charge on any atom is 0.229 e. The molecule has 8 nitrogen and oxygen atoms in total. The Morgan fingerprint density at radius 1 is 0.875 bits per heavy atom. The van der Waals surface area contributed by atoms with Crippen LogP contribution < -0.4 is 0 Å². The van der Waals surface area contributed by atoms with Crippen molar-refractivity contribution >= 4 is 25.8 Å². The van der Waals surface area contributed by atoms with E-state index < -0.39 is 25.1 Å². The van der Waals surface area contributed by atoms with E-state index in [1.807, 2.05) is 23.1 Å². The van der Waals surface area contributed by atoms with Crippen LogP contribution in [0.3, 0.4) is 0 Å². The van der Waals surface area contributed by atoms with Gasteiger partial charge < -0.3 is 9.80 Å². The summed E-state index contributed by atoms with van der Waals surface area (Å²) in [7, 11) is -6.57. The largest absolute Gasteiger partial charge is 0.338 e. The summed E-state index contributed by atoms with van der Waals surface area (Å²) < 4.78 is 51.2. The van der Waals surface area contributed by atoms with Crippen LogP contribution in [0.4, 0.5) is 0 Å². The third-order valence-corrected chi connectivity index (χ3v) is 12.6. The standard InChI is InChI=1S/C30H41N3O5S2/c1-23(2)40(37,38)33-21-26(28(22-33)25-7-5-4-6-8-25)20-31-16-13-30(14-17-31)15-18-32(29(30)34)19-24-9-11-27(12-10-24)39(3,35)36/h4-12,23,26,28H,13-22H2,1-3H3/t26-,28?/m0/s1. The number of sulfone groups is 1. The summed E-state index contributed by atoms with van der Waals surface area (Å²) in [6.45, 7) is 8.24. The van der Waals surface area contributed by atoms with Gasteiger partial charge in [-0.15, -0.1) is 0 Å². The molecule has 1 spiro atoms. The zero-order valence-electron chi connectivity index (χ0n) is 23.7. The topological polar surface area (TPSA) is 95.1 Å². The summed E-state index contributed by atoms with van der Waals surface area (Å²) in [5, 5.41) is -0.438. The van der Waals surface area contributed by atoms with Crippen LogP contribution in [0.15, 0.2) is 59.5 Å². The molecule has 0 aromatic heterocycles. The zero-order valence-corrected chi connectivity index (χ0v) is 25.3. The molecule has 0 bridgehead atoms. The quantitative estimate of drug-likeness (QED) is 0.470. The van der Waals surface area contributed by atoms with Gasteiger partial charge in [0.15, 0.2) is 9.84 Å². The Kier molecular flexibility index (Phi) is 8.18. The fourth-order valence-electron chi connectivity index (χ4n) is 6.67. The molecule has 40 heavy (non-hydrogen) atoms. The van der Waals surface area contributed by atoms with Crippen LogP contribution in [0.25, 0.3) is 0 Å². The summed E-state index contributed by atoms with van der Waals surface area (Å²) in [5.74, 6) is 0.565. The van der Waals surface area contributed by atoms with Crippen molar-refractivity contribution in [2.24, 2.45) is 11.3 Å². The molecule has 2 atom stereocenters. The third-order valence-electron chi connectivity index (χ3n) is 9.22. The van der Waals surface area contributed by atoms with E-state index in [1.54, 1.807) is 42.4 Å². The number of sulfonamides is 1. The highest BCUT2D eigenvalue weighted by molar-refractivity contribution is 7.90. The lowest BCUT2D eigenvalue weighted by atomic mass is 9.76. The smallest absolute Gasteiger partial charge is 0.229 e. The Bertz CT molecular complexity index is 1420. The lowest BCUT2D eigenvalue weighted by Crippen LogP contribution is -2.46. The predicted octanol–water partition coefficient (Wildman–Crippen LogP) is 3.36. The highest BCUT2D eigenvalue weighted by Gasteiger charge is 2.49. The summed E-state index contributed by atoms with van der Waals surface area (Å²) in [4.78, 5) is 18.2. The summed E-state index contributed by atoms with van der Waals surface area (Å²) in [6.07, 6.45) is 3.66. The van der Waals surface area contributed by atoms with Crippen molar-refractivity contribution in [3.8, 4) is 0 Å². The average Bonchev–Trinajstić information content (AvgIpc) is 3.48.